The zero-order valence-electron chi connectivity index (χ0n) is 12.9. The standard InChI is InChI=1S/C17H18N6.2H2/c1-11-2-6-13(7-3-11)19-17-18-9-8-15(21-17)20-16-10-14(22-23-16)12-4-5-12;;/h2-3,6-10,12H,4-5H2,1H3,(H3,18,19,20,21,22,23);2*1H. The fourth-order valence-corrected chi connectivity index (χ4v) is 2.39. The molecule has 0 spiro atoms. The normalized spacial score (nSPS) is 13.8. The molecule has 0 bridgehead atoms. The maximum absolute atomic E-state index is 4.47. The zero-order valence-corrected chi connectivity index (χ0v) is 12.9. The Morgan fingerprint density at radius 2 is 1.91 bits per heavy atom. The highest BCUT2D eigenvalue weighted by molar-refractivity contribution is 5.57. The van der Waals surface area contributed by atoms with Crippen LogP contribution in [0.4, 0.5) is 23.3 Å². The van der Waals surface area contributed by atoms with E-state index in [1.54, 1.807) is 6.20 Å². The quantitative estimate of drug-likeness (QED) is 0.652. The van der Waals surface area contributed by atoms with Gasteiger partial charge in [0.05, 0.1) is 0 Å². The van der Waals surface area contributed by atoms with Crippen molar-refractivity contribution in [2.75, 3.05) is 10.6 Å². The van der Waals surface area contributed by atoms with Gasteiger partial charge in [-0.2, -0.15) is 10.1 Å². The molecule has 1 aliphatic carbocycles. The molecule has 0 saturated heterocycles. The van der Waals surface area contributed by atoms with Gasteiger partial charge in [-0.25, -0.2) is 4.98 Å². The Bertz CT molecular complexity index is 814. The average Bonchev–Trinajstić information content (AvgIpc) is 3.30. The molecule has 1 saturated carbocycles. The Hall–Kier alpha value is -2.89. The molecule has 120 valence electrons. The van der Waals surface area contributed by atoms with Crippen molar-refractivity contribution in [3.63, 3.8) is 0 Å². The fourth-order valence-electron chi connectivity index (χ4n) is 2.39. The molecule has 2 heterocycles. The Kier molecular flexibility index (Phi) is 3.42. The van der Waals surface area contributed by atoms with Crippen LogP contribution in [-0.4, -0.2) is 20.2 Å². The summed E-state index contributed by atoms with van der Waals surface area (Å²) in [5, 5.41) is 13.8. The van der Waals surface area contributed by atoms with Crippen molar-refractivity contribution in [1.82, 2.24) is 20.2 Å². The summed E-state index contributed by atoms with van der Waals surface area (Å²) in [6.45, 7) is 2.06. The van der Waals surface area contributed by atoms with Gasteiger partial charge in [0.25, 0.3) is 0 Å². The molecule has 3 aromatic rings. The number of hydrogen-bond acceptors (Lipinski definition) is 5. The minimum atomic E-state index is 0. The Morgan fingerprint density at radius 1 is 1.09 bits per heavy atom. The zero-order chi connectivity index (χ0) is 15.6. The van der Waals surface area contributed by atoms with Gasteiger partial charge in [0.2, 0.25) is 5.95 Å². The van der Waals surface area contributed by atoms with Crippen molar-refractivity contribution in [3.8, 4) is 0 Å². The average molecular weight is 310 g/mol. The Morgan fingerprint density at radius 3 is 2.70 bits per heavy atom. The van der Waals surface area contributed by atoms with Gasteiger partial charge in [-0.05, 0) is 38.0 Å². The summed E-state index contributed by atoms with van der Waals surface area (Å²) in [6.07, 6.45) is 4.22. The lowest BCUT2D eigenvalue weighted by Gasteiger charge is -2.07. The first-order valence-electron chi connectivity index (χ1n) is 7.75. The van der Waals surface area contributed by atoms with Gasteiger partial charge in [0, 0.05) is 32.4 Å². The predicted octanol–water partition coefficient (Wildman–Crippen LogP) is 4.36. The van der Waals surface area contributed by atoms with E-state index in [-0.39, 0.29) is 2.85 Å². The highest BCUT2D eigenvalue weighted by Crippen LogP contribution is 2.39. The molecule has 0 atom stereocenters. The summed E-state index contributed by atoms with van der Waals surface area (Å²) >= 11 is 0. The second kappa shape index (κ2) is 5.72. The monoisotopic (exact) mass is 310 g/mol. The van der Waals surface area contributed by atoms with Crippen LogP contribution in [0.15, 0.2) is 42.6 Å². The number of anilines is 4. The molecule has 3 N–H and O–H groups in total. The maximum Gasteiger partial charge on any atom is 0.229 e. The first-order chi connectivity index (χ1) is 11.3. The third kappa shape index (κ3) is 3.31. The Balaban J connectivity index is 0.00000113. The Labute approximate surface area is 137 Å². The number of aryl methyl sites for hydroxylation is 1. The number of nitrogens with one attached hydrogen (secondary N) is 3. The minimum Gasteiger partial charge on any atom is -0.324 e. The van der Waals surface area contributed by atoms with E-state index in [4.69, 9.17) is 0 Å². The summed E-state index contributed by atoms with van der Waals surface area (Å²) in [7, 11) is 0. The second-order valence-corrected chi connectivity index (χ2v) is 5.86. The number of H-pyrrole nitrogens is 1. The van der Waals surface area contributed by atoms with Crippen LogP contribution in [0.1, 0.15) is 32.9 Å². The number of benzene rings is 1. The van der Waals surface area contributed by atoms with Crippen LogP contribution in [0, 0.1) is 6.92 Å². The van der Waals surface area contributed by atoms with E-state index in [9.17, 15) is 0 Å². The third-order valence-electron chi connectivity index (χ3n) is 3.83. The molecular formula is C17H22N6. The van der Waals surface area contributed by atoms with E-state index in [1.165, 1.54) is 24.1 Å². The van der Waals surface area contributed by atoms with Gasteiger partial charge in [-0.3, -0.25) is 5.10 Å². The van der Waals surface area contributed by atoms with Gasteiger partial charge in [0.15, 0.2) is 5.82 Å². The molecule has 0 amide bonds. The first-order valence-corrected chi connectivity index (χ1v) is 7.75. The molecule has 1 aliphatic rings. The van der Waals surface area contributed by atoms with Crippen LogP contribution in [-0.2, 0) is 0 Å². The highest BCUT2D eigenvalue weighted by Gasteiger charge is 2.25. The number of rotatable bonds is 5. The summed E-state index contributed by atoms with van der Waals surface area (Å²) in [5.74, 6) is 2.70. The molecule has 0 radical (unpaired) electrons. The number of aromatic nitrogens is 4. The third-order valence-corrected chi connectivity index (χ3v) is 3.83. The predicted molar refractivity (Wildman–Crippen MR) is 94.6 cm³/mol. The van der Waals surface area contributed by atoms with Gasteiger partial charge < -0.3 is 10.6 Å². The molecule has 23 heavy (non-hydrogen) atoms. The van der Waals surface area contributed by atoms with Crippen LogP contribution in [0.2, 0.25) is 0 Å². The molecule has 4 rings (SSSR count). The molecule has 0 unspecified atom stereocenters. The molecule has 0 aliphatic heterocycles. The summed E-state index contributed by atoms with van der Waals surface area (Å²) in [6, 6.07) is 12.0. The summed E-state index contributed by atoms with van der Waals surface area (Å²) in [4.78, 5) is 8.72. The van der Waals surface area contributed by atoms with E-state index in [0.717, 1.165) is 11.5 Å². The van der Waals surface area contributed by atoms with E-state index >= 15 is 0 Å². The van der Waals surface area contributed by atoms with Crippen LogP contribution < -0.4 is 10.6 Å². The van der Waals surface area contributed by atoms with Gasteiger partial charge in [-0.15, -0.1) is 0 Å². The molecule has 1 aromatic carbocycles. The SMILES string of the molecule is Cc1ccc(Nc2nccc(Nc3cc(C4CC4)[nH]n3)n2)cc1.[HH].[HH]. The minimum absolute atomic E-state index is 0. The lowest BCUT2D eigenvalue weighted by Crippen LogP contribution is -2.00. The van der Waals surface area contributed by atoms with Crippen molar-refractivity contribution in [2.24, 2.45) is 0 Å². The van der Waals surface area contributed by atoms with Crippen LogP contribution in [0.25, 0.3) is 0 Å². The van der Waals surface area contributed by atoms with E-state index in [0.29, 0.717) is 17.7 Å². The molecule has 6 nitrogen and oxygen atoms in total. The van der Waals surface area contributed by atoms with Crippen LogP contribution >= 0.6 is 0 Å². The molecule has 1 fully saturated rings. The summed E-state index contributed by atoms with van der Waals surface area (Å²) < 4.78 is 0. The maximum atomic E-state index is 4.47. The van der Waals surface area contributed by atoms with Crippen LogP contribution in [0.3, 0.4) is 0 Å². The van der Waals surface area contributed by atoms with Crippen molar-refractivity contribution in [2.45, 2.75) is 25.7 Å². The van der Waals surface area contributed by atoms with E-state index in [2.05, 4.69) is 37.7 Å². The van der Waals surface area contributed by atoms with Crippen molar-refractivity contribution >= 4 is 23.3 Å². The topological polar surface area (TPSA) is 78.5 Å². The van der Waals surface area contributed by atoms with Gasteiger partial charge in [-0.1, -0.05) is 17.7 Å². The molecule has 6 heteroatoms. The molecular weight excluding hydrogens is 288 g/mol. The lowest BCUT2D eigenvalue weighted by atomic mass is 10.2. The van der Waals surface area contributed by atoms with E-state index in [1.807, 2.05) is 36.4 Å². The highest BCUT2D eigenvalue weighted by atomic mass is 15.2. The number of aromatic amines is 1. The smallest absolute Gasteiger partial charge is 0.229 e. The largest absolute Gasteiger partial charge is 0.324 e. The van der Waals surface area contributed by atoms with Crippen molar-refractivity contribution in [3.05, 3.63) is 53.9 Å². The van der Waals surface area contributed by atoms with Gasteiger partial charge >= 0.3 is 0 Å². The molecule has 2 aromatic heterocycles. The second-order valence-electron chi connectivity index (χ2n) is 5.86. The lowest BCUT2D eigenvalue weighted by molar-refractivity contribution is 0.966. The number of nitrogens with zero attached hydrogens (tertiary/aromatic N) is 3. The number of hydrogen-bond donors (Lipinski definition) is 3. The van der Waals surface area contributed by atoms with Crippen molar-refractivity contribution < 1.29 is 2.85 Å². The van der Waals surface area contributed by atoms with Gasteiger partial charge in [0.1, 0.15) is 5.82 Å². The van der Waals surface area contributed by atoms with E-state index < -0.39 is 0 Å². The van der Waals surface area contributed by atoms with Crippen LogP contribution in [0.5, 0.6) is 0 Å². The first kappa shape index (κ1) is 13.8. The fraction of sp³-hybridized carbons (Fsp3) is 0.235. The summed E-state index contributed by atoms with van der Waals surface area (Å²) in [5.41, 5.74) is 3.37. The van der Waals surface area contributed by atoms with Crippen molar-refractivity contribution in [1.29, 1.82) is 0 Å².